The molecular weight excluding hydrogens is 264 g/mol. The van der Waals surface area contributed by atoms with Gasteiger partial charge in [-0.1, -0.05) is 12.8 Å². The van der Waals surface area contributed by atoms with Gasteiger partial charge < -0.3 is 14.6 Å². The maximum absolute atomic E-state index is 5.62. The number of hydrogen-bond donors (Lipinski definition) is 1. The molecule has 1 aromatic heterocycles. The summed E-state index contributed by atoms with van der Waals surface area (Å²) in [6.45, 7) is 6.79. The van der Waals surface area contributed by atoms with Gasteiger partial charge in [-0.15, -0.1) is 0 Å². The number of nitrogens with zero attached hydrogens (tertiary/aromatic N) is 3. The molecule has 1 aliphatic heterocycles. The number of aryl methyl sites for hydroxylation is 2. The van der Waals surface area contributed by atoms with E-state index < -0.39 is 0 Å². The van der Waals surface area contributed by atoms with Crippen LogP contribution in [0.3, 0.4) is 0 Å². The van der Waals surface area contributed by atoms with E-state index in [4.69, 9.17) is 4.42 Å². The maximum Gasteiger partial charge on any atom is 0.214 e. The van der Waals surface area contributed by atoms with Gasteiger partial charge in [-0.2, -0.15) is 0 Å². The number of rotatable bonds is 2. The Morgan fingerprint density at radius 1 is 1.33 bits per heavy atom. The van der Waals surface area contributed by atoms with Gasteiger partial charge in [0.15, 0.2) is 5.96 Å². The van der Waals surface area contributed by atoms with Crippen LogP contribution in [0.15, 0.2) is 9.41 Å². The van der Waals surface area contributed by atoms with Gasteiger partial charge in [0, 0.05) is 20.1 Å². The summed E-state index contributed by atoms with van der Waals surface area (Å²) in [4.78, 5) is 11.2. The van der Waals surface area contributed by atoms with Crippen molar-refractivity contribution in [3.63, 3.8) is 0 Å². The molecule has 1 N–H and O–H groups in total. The number of oxazole rings is 1. The zero-order valence-electron chi connectivity index (χ0n) is 13.4. The molecule has 1 saturated carbocycles. The van der Waals surface area contributed by atoms with E-state index >= 15 is 0 Å². The quantitative estimate of drug-likeness (QED) is 0.672. The first-order valence-electron chi connectivity index (χ1n) is 8.00. The van der Waals surface area contributed by atoms with Gasteiger partial charge in [-0.25, -0.2) is 4.98 Å². The monoisotopic (exact) mass is 290 g/mol. The topological polar surface area (TPSA) is 53.7 Å². The molecule has 0 unspecified atom stereocenters. The predicted molar refractivity (Wildman–Crippen MR) is 83.3 cm³/mol. The fraction of sp³-hybridized carbons (Fsp3) is 0.750. The molecular formula is C16H26N4O. The number of nitrogens with one attached hydrogen (secondary N) is 1. The third-order valence-electron chi connectivity index (χ3n) is 5.08. The molecule has 1 spiro atoms. The van der Waals surface area contributed by atoms with Gasteiger partial charge in [0.05, 0.1) is 12.2 Å². The van der Waals surface area contributed by atoms with E-state index in [-0.39, 0.29) is 0 Å². The first-order valence-corrected chi connectivity index (χ1v) is 8.00. The summed E-state index contributed by atoms with van der Waals surface area (Å²) >= 11 is 0. The number of likely N-dealkylation sites (tertiary alicyclic amines) is 1. The van der Waals surface area contributed by atoms with Gasteiger partial charge in [0.1, 0.15) is 5.76 Å². The Hall–Kier alpha value is -1.52. The Labute approximate surface area is 126 Å². The molecule has 1 aliphatic carbocycles. The zero-order chi connectivity index (χ0) is 14.9. The fourth-order valence-corrected chi connectivity index (χ4v) is 3.75. The smallest absolute Gasteiger partial charge is 0.214 e. The summed E-state index contributed by atoms with van der Waals surface area (Å²) in [5.41, 5.74) is 1.53. The van der Waals surface area contributed by atoms with Crippen molar-refractivity contribution in [1.29, 1.82) is 0 Å². The molecule has 21 heavy (non-hydrogen) atoms. The second kappa shape index (κ2) is 5.70. The van der Waals surface area contributed by atoms with Crippen molar-refractivity contribution in [1.82, 2.24) is 15.2 Å². The number of aromatic nitrogens is 1. The summed E-state index contributed by atoms with van der Waals surface area (Å²) < 4.78 is 5.62. The molecule has 116 valence electrons. The molecule has 0 amide bonds. The lowest BCUT2D eigenvalue weighted by Crippen LogP contribution is -2.40. The highest BCUT2D eigenvalue weighted by Crippen LogP contribution is 2.45. The number of guanidine groups is 1. The minimum Gasteiger partial charge on any atom is -0.444 e. The zero-order valence-corrected chi connectivity index (χ0v) is 13.4. The van der Waals surface area contributed by atoms with Crippen molar-refractivity contribution in [3.8, 4) is 0 Å². The van der Waals surface area contributed by atoms with Crippen molar-refractivity contribution in [2.75, 3.05) is 20.1 Å². The van der Waals surface area contributed by atoms with Gasteiger partial charge >= 0.3 is 0 Å². The molecule has 0 bridgehead atoms. The highest BCUT2D eigenvalue weighted by molar-refractivity contribution is 5.80. The van der Waals surface area contributed by atoms with Gasteiger partial charge in [0.25, 0.3) is 0 Å². The molecule has 2 aliphatic rings. The molecule has 2 fully saturated rings. The van der Waals surface area contributed by atoms with Crippen LogP contribution >= 0.6 is 0 Å². The van der Waals surface area contributed by atoms with Crippen molar-refractivity contribution in [2.24, 2.45) is 10.4 Å². The molecule has 5 nitrogen and oxygen atoms in total. The highest BCUT2D eigenvalue weighted by Gasteiger charge is 2.41. The molecule has 0 aromatic carbocycles. The Balaban J connectivity index is 1.58. The van der Waals surface area contributed by atoms with E-state index in [0.717, 1.165) is 36.4 Å². The van der Waals surface area contributed by atoms with Crippen LogP contribution < -0.4 is 5.32 Å². The average Bonchev–Trinajstić information content (AvgIpc) is 3.16. The van der Waals surface area contributed by atoms with Gasteiger partial charge in [-0.05, 0) is 38.5 Å². The largest absolute Gasteiger partial charge is 0.444 e. The van der Waals surface area contributed by atoms with Crippen LogP contribution in [0.1, 0.15) is 49.4 Å². The molecule has 3 rings (SSSR count). The van der Waals surface area contributed by atoms with E-state index in [9.17, 15) is 0 Å². The standard InChI is InChI=1S/C16H26N4O/c1-12-13(2)21-14(19-12)10-18-15(17-3)20-9-8-16(11-20)6-4-5-7-16/h4-11H2,1-3H3,(H,17,18). The van der Waals surface area contributed by atoms with E-state index in [2.05, 4.69) is 20.2 Å². The fourth-order valence-electron chi connectivity index (χ4n) is 3.75. The summed E-state index contributed by atoms with van der Waals surface area (Å²) in [5, 5.41) is 3.39. The Bertz CT molecular complexity index is 509. The van der Waals surface area contributed by atoms with Crippen LogP contribution in [0.2, 0.25) is 0 Å². The second-order valence-corrected chi connectivity index (χ2v) is 6.53. The summed E-state index contributed by atoms with van der Waals surface area (Å²) in [5.74, 6) is 2.61. The number of aliphatic imine (C=N–C) groups is 1. The minimum absolute atomic E-state index is 0.563. The predicted octanol–water partition coefficient (Wildman–Crippen LogP) is 2.63. The highest BCUT2D eigenvalue weighted by atomic mass is 16.4. The van der Waals surface area contributed by atoms with Crippen LogP contribution in [-0.2, 0) is 6.54 Å². The lowest BCUT2D eigenvalue weighted by molar-refractivity contribution is 0.309. The normalized spacial score (nSPS) is 21.5. The first-order chi connectivity index (χ1) is 10.1. The minimum atomic E-state index is 0.563. The summed E-state index contributed by atoms with van der Waals surface area (Å²) in [6, 6.07) is 0. The third-order valence-corrected chi connectivity index (χ3v) is 5.08. The molecule has 1 aromatic rings. The molecule has 0 radical (unpaired) electrons. The van der Waals surface area contributed by atoms with Crippen LogP contribution in [0.25, 0.3) is 0 Å². The van der Waals surface area contributed by atoms with Gasteiger partial charge in [-0.3, -0.25) is 4.99 Å². The first kappa shape index (κ1) is 14.4. The molecule has 2 heterocycles. The van der Waals surface area contributed by atoms with Gasteiger partial charge in [0.2, 0.25) is 5.89 Å². The summed E-state index contributed by atoms with van der Waals surface area (Å²) in [7, 11) is 1.86. The molecule has 1 saturated heterocycles. The van der Waals surface area contributed by atoms with Crippen LogP contribution in [-0.4, -0.2) is 36.0 Å². The lowest BCUT2D eigenvalue weighted by Gasteiger charge is -2.25. The Morgan fingerprint density at radius 3 is 2.71 bits per heavy atom. The van der Waals surface area contributed by atoms with Crippen LogP contribution in [0, 0.1) is 19.3 Å². The lowest BCUT2D eigenvalue weighted by atomic mass is 9.86. The second-order valence-electron chi connectivity index (χ2n) is 6.53. The molecule has 0 atom stereocenters. The number of hydrogen-bond acceptors (Lipinski definition) is 3. The van der Waals surface area contributed by atoms with E-state index in [1.807, 2.05) is 20.9 Å². The van der Waals surface area contributed by atoms with Crippen molar-refractivity contribution < 1.29 is 4.42 Å². The van der Waals surface area contributed by atoms with E-state index in [0.29, 0.717) is 12.0 Å². The Kier molecular flexibility index (Phi) is 3.91. The average molecular weight is 290 g/mol. The SMILES string of the molecule is CN=C(NCc1nc(C)c(C)o1)N1CCC2(CCCC2)C1. The maximum atomic E-state index is 5.62. The van der Waals surface area contributed by atoms with Crippen LogP contribution in [0.4, 0.5) is 0 Å². The van der Waals surface area contributed by atoms with Crippen molar-refractivity contribution in [2.45, 2.75) is 52.5 Å². The van der Waals surface area contributed by atoms with E-state index in [1.54, 1.807) is 0 Å². The van der Waals surface area contributed by atoms with E-state index in [1.165, 1.54) is 32.1 Å². The Morgan fingerprint density at radius 2 is 2.10 bits per heavy atom. The van der Waals surface area contributed by atoms with Crippen LogP contribution in [0.5, 0.6) is 0 Å². The van der Waals surface area contributed by atoms with Crippen molar-refractivity contribution >= 4 is 5.96 Å². The van der Waals surface area contributed by atoms with Crippen molar-refractivity contribution in [3.05, 3.63) is 17.3 Å². The molecule has 5 heteroatoms. The third kappa shape index (κ3) is 2.92. The summed E-state index contributed by atoms with van der Waals surface area (Å²) in [6.07, 6.45) is 6.88.